The van der Waals surface area contributed by atoms with Gasteiger partial charge in [-0.1, -0.05) is 18.2 Å². The fourth-order valence-corrected chi connectivity index (χ4v) is 1.91. The Bertz CT molecular complexity index is 519. The Morgan fingerprint density at radius 1 is 1.47 bits per heavy atom. The molecule has 0 saturated heterocycles. The lowest BCUT2D eigenvalue weighted by Gasteiger charge is -2.09. The van der Waals surface area contributed by atoms with Crippen LogP contribution in [0.25, 0.3) is 10.9 Å². The van der Waals surface area contributed by atoms with Crippen LogP contribution in [0.5, 0.6) is 0 Å². The molecule has 1 aromatic carbocycles. The Labute approximate surface area is 99.8 Å². The Balaban J connectivity index is 2.19. The molecule has 4 nitrogen and oxygen atoms in total. The lowest BCUT2D eigenvalue weighted by Crippen LogP contribution is -2.16. The van der Waals surface area contributed by atoms with Gasteiger partial charge >= 0.3 is 5.97 Å². The number of esters is 1. The molecule has 2 rings (SSSR count). The highest BCUT2D eigenvalue weighted by Crippen LogP contribution is 2.24. The largest absolute Gasteiger partial charge is 0.466 e. The molecular formula is C13H16N2O2. The predicted molar refractivity (Wildman–Crippen MR) is 66.5 cm³/mol. The summed E-state index contributed by atoms with van der Waals surface area (Å²) in [6.07, 6.45) is 2.06. The first kappa shape index (κ1) is 11.7. The molecule has 4 heteroatoms. The lowest BCUT2D eigenvalue weighted by molar-refractivity contribution is -0.143. The second kappa shape index (κ2) is 5.01. The Hall–Kier alpha value is -1.81. The van der Waals surface area contributed by atoms with Gasteiger partial charge in [0.05, 0.1) is 13.0 Å². The first-order chi connectivity index (χ1) is 8.22. The molecule has 0 amide bonds. The van der Waals surface area contributed by atoms with Gasteiger partial charge < -0.3 is 15.5 Å². The molecule has 1 atom stereocenters. The highest BCUT2D eigenvalue weighted by molar-refractivity contribution is 5.84. The number of carbonyl (C=O) groups excluding carboxylic acids is 1. The fraction of sp³-hybridized carbons (Fsp3) is 0.308. The van der Waals surface area contributed by atoms with Crippen molar-refractivity contribution in [1.82, 2.24) is 4.98 Å². The van der Waals surface area contributed by atoms with Crippen LogP contribution < -0.4 is 5.73 Å². The maximum atomic E-state index is 11.4. The Morgan fingerprint density at radius 3 is 3.00 bits per heavy atom. The van der Waals surface area contributed by atoms with E-state index < -0.39 is 0 Å². The van der Waals surface area contributed by atoms with Gasteiger partial charge in [0.2, 0.25) is 0 Å². The molecular weight excluding hydrogens is 216 g/mol. The summed E-state index contributed by atoms with van der Waals surface area (Å²) in [5.41, 5.74) is 8.00. The third-order valence-corrected chi connectivity index (χ3v) is 2.71. The van der Waals surface area contributed by atoms with Crippen molar-refractivity contribution in [2.45, 2.75) is 19.4 Å². The van der Waals surface area contributed by atoms with Crippen LogP contribution in [0, 0.1) is 0 Å². The second-order valence-electron chi connectivity index (χ2n) is 3.91. The number of benzene rings is 1. The number of hydrogen-bond acceptors (Lipinski definition) is 3. The number of nitrogens with two attached hydrogens (primary N) is 1. The number of aromatic nitrogens is 1. The summed E-state index contributed by atoms with van der Waals surface area (Å²) in [6, 6.07) is 7.56. The van der Waals surface area contributed by atoms with Crippen LogP contribution in [0.4, 0.5) is 0 Å². The number of ether oxygens (including phenoxy) is 1. The normalized spacial score (nSPS) is 12.6. The Morgan fingerprint density at radius 2 is 2.24 bits per heavy atom. The zero-order valence-corrected chi connectivity index (χ0v) is 9.77. The van der Waals surface area contributed by atoms with Gasteiger partial charge in [-0.2, -0.15) is 0 Å². The summed E-state index contributed by atoms with van der Waals surface area (Å²) >= 11 is 0. The minimum Gasteiger partial charge on any atom is -0.466 e. The molecule has 3 N–H and O–H groups in total. The van der Waals surface area contributed by atoms with Crippen molar-refractivity contribution >= 4 is 16.9 Å². The molecule has 0 aliphatic rings. The van der Waals surface area contributed by atoms with Crippen LogP contribution >= 0.6 is 0 Å². The molecule has 0 aliphatic carbocycles. The third-order valence-electron chi connectivity index (χ3n) is 2.71. The van der Waals surface area contributed by atoms with Gasteiger partial charge in [0.25, 0.3) is 0 Å². The van der Waals surface area contributed by atoms with Gasteiger partial charge in [-0.25, -0.2) is 0 Å². The van der Waals surface area contributed by atoms with Crippen molar-refractivity contribution in [3.05, 3.63) is 36.0 Å². The van der Waals surface area contributed by atoms with Gasteiger partial charge in [-0.05, 0) is 18.6 Å². The van der Waals surface area contributed by atoms with Crippen molar-refractivity contribution in [1.29, 1.82) is 0 Å². The first-order valence-corrected chi connectivity index (χ1v) is 5.69. The van der Waals surface area contributed by atoms with E-state index in [1.54, 1.807) is 6.92 Å². The topological polar surface area (TPSA) is 68.1 Å². The van der Waals surface area contributed by atoms with Crippen molar-refractivity contribution in [2.24, 2.45) is 5.73 Å². The molecule has 0 fully saturated rings. The van der Waals surface area contributed by atoms with E-state index in [1.165, 1.54) is 0 Å². The maximum absolute atomic E-state index is 11.4. The van der Waals surface area contributed by atoms with Crippen LogP contribution in [0.3, 0.4) is 0 Å². The number of rotatable bonds is 4. The highest BCUT2D eigenvalue weighted by atomic mass is 16.5. The summed E-state index contributed by atoms with van der Waals surface area (Å²) in [7, 11) is 0. The predicted octanol–water partition coefficient (Wildman–Crippen LogP) is 2.12. The van der Waals surface area contributed by atoms with E-state index in [2.05, 4.69) is 4.98 Å². The average Bonchev–Trinajstić information content (AvgIpc) is 2.72. The molecule has 1 heterocycles. The number of H-pyrrole nitrogens is 1. The van der Waals surface area contributed by atoms with Gasteiger partial charge in [0.1, 0.15) is 0 Å². The van der Waals surface area contributed by atoms with E-state index in [4.69, 9.17) is 10.5 Å². The molecule has 1 aromatic heterocycles. The molecule has 0 spiro atoms. The van der Waals surface area contributed by atoms with Gasteiger partial charge in [0, 0.05) is 23.1 Å². The molecule has 0 saturated carbocycles. The molecule has 0 radical (unpaired) electrons. The van der Waals surface area contributed by atoms with Crippen LogP contribution in [0.1, 0.15) is 24.9 Å². The van der Waals surface area contributed by atoms with E-state index in [0.29, 0.717) is 6.61 Å². The van der Waals surface area contributed by atoms with Gasteiger partial charge in [-0.3, -0.25) is 4.79 Å². The van der Waals surface area contributed by atoms with Crippen LogP contribution in [0.2, 0.25) is 0 Å². The summed E-state index contributed by atoms with van der Waals surface area (Å²) in [5.74, 6) is -0.259. The smallest absolute Gasteiger partial charge is 0.307 e. The number of hydrogen-bond donors (Lipinski definition) is 2. The van der Waals surface area contributed by atoms with Crippen LogP contribution in [-0.2, 0) is 9.53 Å². The standard InChI is InChI=1S/C13H16N2O2/c1-2-17-13(16)7-11(14)10-8-15-12-6-4-3-5-9(10)12/h3-6,8,11,15H,2,7,14H2,1H3. The number of carbonyl (C=O) groups is 1. The zero-order valence-electron chi connectivity index (χ0n) is 9.77. The number of fused-ring (bicyclic) bond motifs is 1. The SMILES string of the molecule is CCOC(=O)CC(N)c1c[nH]c2ccccc12. The van der Waals surface area contributed by atoms with E-state index >= 15 is 0 Å². The van der Waals surface area contributed by atoms with Crippen molar-refractivity contribution in [3.63, 3.8) is 0 Å². The van der Waals surface area contributed by atoms with E-state index in [0.717, 1.165) is 16.5 Å². The summed E-state index contributed by atoms with van der Waals surface area (Å²) in [4.78, 5) is 14.5. The number of para-hydroxylation sites is 1. The quantitative estimate of drug-likeness (QED) is 0.793. The summed E-state index contributed by atoms with van der Waals surface area (Å²) in [5, 5.41) is 1.06. The third kappa shape index (κ3) is 2.47. The van der Waals surface area contributed by atoms with Gasteiger partial charge in [-0.15, -0.1) is 0 Å². The number of nitrogens with one attached hydrogen (secondary N) is 1. The van der Waals surface area contributed by atoms with Crippen molar-refractivity contribution in [2.75, 3.05) is 6.61 Å². The molecule has 2 aromatic rings. The minimum absolute atomic E-state index is 0.204. The Kier molecular flexibility index (Phi) is 3.44. The second-order valence-corrected chi connectivity index (χ2v) is 3.91. The lowest BCUT2D eigenvalue weighted by atomic mass is 10.0. The van der Waals surface area contributed by atoms with Gasteiger partial charge in [0.15, 0.2) is 0 Å². The van der Waals surface area contributed by atoms with Crippen LogP contribution in [0.15, 0.2) is 30.5 Å². The molecule has 17 heavy (non-hydrogen) atoms. The van der Waals surface area contributed by atoms with Crippen LogP contribution in [-0.4, -0.2) is 17.6 Å². The minimum atomic E-state index is -0.329. The monoisotopic (exact) mass is 232 g/mol. The molecule has 0 aliphatic heterocycles. The maximum Gasteiger partial charge on any atom is 0.307 e. The average molecular weight is 232 g/mol. The first-order valence-electron chi connectivity index (χ1n) is 5.69. The zero-order chi connectivity index (χ0) is 12.3. The van der Waals surface area contributed by atoms with E-state index in [9.17, 15) is 4.79 Å². The molecule has 0 bridgehead atoms. The summed E-state index contributed by atoms with van der Waals surface area (Å²) < 4.78 is 4.89. The van der Waals surface area contributed by atoms with E-state index in [-0.39, 0.29) is 18.4 Å². The summed E-state index contributed by atoms with van der Waals surface area (Å²) in [6.45, 7) is 2.18. The molecule has 1 unspecified atom stereocenters. The number of aromatic amines is 1. The highest BCUT2D eigenvalue weighted by Gasteiger charge is 2.15. The van der Waals surface area contributed by atoms with Crippen molar-refractivity contribution in [3.8, 4) is 0 Å². The van der Waals surface area contributed by atoms with E-state index in [1.807, 2.05) is 30.5 Å². The fourth-order valence-electron chi connectivity index (χ4n) is 1.91. The molecule has 90 valence electrons. The van der Waals surface area contributed by atoms with Crippen molar-refractivity contribution < 1.29 is 9.53 Å².